The molecule has 8 heteroatoms. The van der Waals surface area contributed by atoms with Gasteiger partial charge in [0.05, 0.1) is 6.61 Å². The molecule has 12 heavy (non-hydrogen) atoms. The van der Waals surface area contributed by atoms with E-state index in [0.717, 1.165) is 0 Å². The fourth-order valence-corrected chi connectivity index (χ4v) is 2.47. The van der Waals surface area contributed by atoms with Crippen molar-refractivity contribution in [2.75, 3.05) is 6.61 Å². The third kappa shape index (κ3) is 2.95. The number of hydrogen-bond acceptors (Lipinski definition) is 6. The minimum atomic E-state index is -4.17. The lowest BCUT2D eigenvalue weighted by Gasteiger charge is -2.23. The van der Waals surface area contributed by atoms with Crippen LogP contribution in [-0.2, 0) is 13.3 Å². The van der Waals surface area contributed by atoms with E-state index in [4.69, 9.17) is 15.3 Å². The Balaban J connectivity index is 4.36. The molecule has 0 saturated heterocycles. The Bertz CT molecular complexity index is 177. The maximum absolute atomic E-state index is 11.2. The van der Waals surface area contributed by atoms with E-state index >= 15 is 0 Å². The van der Waals surface area contributed by atoms with E-state index in [9.17, 15) is 4.57 Å². The zero-order chi connectivity index (χ0) is 9.83. The molecule has 0 radical (unpaired) electrons. The molecule has 0 amide bonds. The van der Waals surface area contributed by atoms with Crippen LogP contribution in [0.5, 0.6) is 0 Å². The predicted molar refractivity (Wildman–Crippen MR) is 44.3 cm³/mol. The Kier molecular flexibility index (Phi) is 4.57. The number of rotatable bonds is 5. The normalized spacial score (nSPS) is 17.7. The molecule has 1 atom stereocenters. The summed E-state index contributed by atoms with van der Waals surface area (Å²) in [7, 11) is -4.20. The van der Waals surface area contributed by atoms with Crippen molar-refractivity contribution in [3.05, 3.63) is 0 Å². The first-order chi connectivity index (χ1) is 5.37. The van der Waals surface area contributed by atoms with Crippen LogP contribution in [0, 0.1) is 0 Å². The van der Waals surface area contributed by atoms with Gasteiger partial charge in [-0.2, -0.15) is 0 Å². The molecule has 1 unspecified atom stereocenters. The minimum Gasteiger partial charge on any atom is -0.357 e. The molecular formula is C4H13O6PSi. The largest absolute Gasteiger partial charge is 0.409 e. The second-order valence-electron chi connectivity index (χ2n) is 2.11. The lowest BCUT2D eigenvalue weighted by Crippen LogP contribution is -2.29. The van der Waals surface area contributed by atoms with Crippen molar-refractivity contribution in [2.45, 2.75) is 19.1 Å². The summed E-state index contributed by atoms with van der Waals surface area (Å²) in [5, 5.41) is 25.8. The van der Waals surface area contributed by atoms with Crippen LogP contribution in [0.15, 0.2) is 0 Å². The molecule has 0 heterocycles. The molecule has 0 aliphatic rings. The molecule has 6 nitrogen and oxygen atoms in total. The quantitative estimate of drug-likeness (QED) is 0.294. The van der Waals surface area contributed by atoms with Gasteiger partial charge in [0.25, 0.3) is 0 Å². The third-order valence-electron chi connectivity index (χ3n) is 1.07. The molecule has 0 aliphatic heterocycles. The highest BCUT2D eigenvalue weighted by Gasteiger charge is 2.46. The van der Waals surface area contributed by atoms with Crippen LogP contribution in [-0.4, -0.2) is 38.1 Å². The average Bonchev–Trinajstić information content (AvgIpc) is 1.98. The van der Waals surface area contributed by atoms with E-state index < -0.39 is 13.3 Å². The second-order valence-corrected chi connectivity index (χ2v) is 5.43. The van der Waals surface area contributed by atoms with Crippen molar-refractivity contribution in [2.24, 2.45) is 0 Å². The van der Waals surface area contributed by atoms with E-state index in [1.165, 1.54) is 0 Å². The van der Waals surface area contributed by atoms with Gasteiger partial charge in [0, 0.05) is 0 Å². The molecule has 0 rings (SSSR count). The molecule has 0 fully saturated rings. The van der Waals surface area contributed by atoms with Crippen molar-refractivity contribution in [1.29, 1.82) is 0 Å². The molecule has 0 aromatic rings. The molecule has 0 spiro atoms. The standard InChI is InChI=1S/C4H13O6PSi/c1-2-3-9-11(8,10-12)4(5,6)7/h5-7H,2-3H2,1,12H3. The van der Waals surface area contributed by atoms with Gasteiger partial charge in [-0.1, -0.05) is 6.92 Å². The summed E-state index contributed by atoms with van der Waals surface area (Å²) in [6.07, 6.45) is 0.533. The summed E-state index contributed by atoms with van der Waals surface area (Å²) in [4.78, 5) is 0. The monoisotopic (exact) mass is 216 g/mol. The lowest BCUT2D eigenvalue weighted by molar-refractivity contribution is -0.255. The first kappa shape index (κ1) is 12.2. The van der Waals surface area contributed by atoms with Gasteiger partial charge in [0.1, 0.15) is 0 Å². The SMILES string of the molecule is CCCOP(=O)(O[SiH3])C(O)(O)O. The Morgan fingerprint density at radius 2 is 2.00 bits per heavy atom. The zero-order valence-corrected chi connectivity index (χ0v) is 9.82. The van der Waals surface area contributed by atoms with Crippen molar-refractivity contribution in [3.8, 4) is 0 Å². The van der Waals surface area contributed by atoms with Gasteiger partial charge < -0.3 is 24.1 Å². The number of hydrogen-bond donors (Lipinski definition) is 3. The smallest absolute Gasteiger partial charge is 0.357 e. The highest BCUT2D eigenvalue weighted by atomic mass is 31.2. The molecule has 0 saturated carbocycles. The van der Waals surface area contributed by atoms with Crippen molar-refractivity contribution in [1.82, 2.24) is 0 Å². The summed E-state index contributed by atoms with van der Waals surface area (Å²) in [5.41, 5.74) is -3.40. The molecule has 0 aromatic carbocycles. The molecule has 74 valence electrons. The van der Waals surface area contributed by atoms with Crippen LogP contribution in [0.4, 0.5) is 0 Å². The van der Waals surface area contributed by atoms with Gasteiger partial charge in [-0.3, -0.25) is 4.57 Å². The van der Waals surface area contributed by atoms with E-state index in [1.807, 2.05) is 0 Å². The fraction of sp³-hybridized carbons (Fsp3) is 1.00. The lowest BCUT2D eigenvalue weighted by atomic mass is 10.5. The van der Waals surface area contributed by atoms with Gasteiger partial charge in [-0.15, -0.1) is 0 Å². The fourth-order valence-electron chi connectivity index (χ4n) is 0.473. The predicted octanol–water partition coefficient (Wildman–Crippen LogP) is -1.51. The van der Waals surface area contributed by atoms with E-state index in [2.05, 4.69) is 8.74 Å². The summed E-state index contributed by atoms with van der Waals surface area (Å²) >= 11 is 0. The van der Waals surface area contributed by atoms with Crippen LogP contribution in [0.3, 0.4) is 0 Å². The van der Waals surface area contributed by atoms with E-state index in [0.29, 0.717) is 6.42 Å². The van der Waals surface area contributed by atoms with Crippen LogP contribution in [0.1, 0.15) is 13.3 Å². The van der Waals surface area contributed by atoms with Crippen molar-refractivity contribution < 1.29 is 28.6 Å². The van der Waals surface area contributed by atoms with Gasteiger partial charge >= 0.3 is 13.3 Å². The maximum Gasteiger partial charge on any atom is 0.409 e. The maximum atomic E-state index is 11.2. The Hall–Kier alpha value is 0.247. The molecule has 0 aromatic heterocycles. The summed E-state index contributed by atoms with van der Waals surface area (Å²) in [6, 6.07) is 0. The highest BCUT2D eigenvalue weighted by Crippen LogP contribution is 2.55. The van der Waals surface area contributed by atoms with Gasteiger partial charge in [-0.25, -0.2) is 0 Å². The van der Waals surface area contributed by atoms with Gasteiger partial charge in [-0.05, 0) is 6.42 Å². The summed E-state index contributed by atoms with van der Waals surface area (Å²) in [6.45, 7) is 1.77. The Morgan fingerprint density at radius 3 is 2.25 bits per heavy atom. The van der Waals surface area contributed by atoms with Crippen LogP contribution in [0.2, 0.25) is 0 Å². The van der Waals surface area contributed by atoms with E-state index in [1.54, 1.807) is 6.92 Å². The average molecular weight is 216 g/mol. The summed E-state index contributed by atoms with van der Waals surface area (Å²) < 4.78 is 20.0. The van der Waals surface area contributed by atoms with Crippen LogP contribution < -0.4 is 0 Å². The molecule has 3 N–H and O–H groups in total. The Morgan fingerprint density at radius 1 is 1.50 bits per heavy atom. The topological polar surface area (TPSA) is 96.2 Å². The van der Waals surface area contributed by atoms with E-state index in [-0.39, 0.29) is 17.1 Å². The van der Waals surface area contributed by atoms with Crippen molar-refractivity contribution in [3.63, 3.8) is 0 Å². The third-order valence-corrected chi connectivity index (χ3v) is 4.25. The van der Waals surface area contributed by atoms with Gasteiger partial charge in [0.2, 0.25) is 0 Å². The van der Waals surface area contributed by atoms with Crippen LogP contribution >= 0.6 is 7.60 Å². The highest BCUT2D eigenvalue weighted by molar-refractivity contribution is 7.55. The van der Waals surface area contributed by atoms with Crippen LogP contribution in [0.25, 0.3) is 0 Å². The molecule has 0 aliphatic carbocycles. The Labute approximate surface area is 73.2 Å². The summed E-state index contributed by atoms with van der Waals surface area (Å²) in [5.74, 6) is 0. The zero-order valence-electron chi connectivity index (χ0n) is 6.93. The first-order valence-corrected chi connectivity index (χ1v) is 5.71. The van der Waals surface area contributed by atoms with Gasteiger partial charge in [0.15, 0.2) is 10.5 Å². The molecule has 0 bridgehead atoms. The van der Waals surface area contributed by atoms with Crippen molar-refractivity contribution >= 4 is 18.1 Å². The first-order valence-electron chi connectivity index (χ1n) is 3.35. The number of aliphatic hydroxyl groups is 3. The minimum absolute atomic E-state index is 0.0238. The molecular weight excluding hydrogens is 203 g/mol. The second kappa shape index (κ2) is 4.47.